The first-order valence-electron chi connectivity index (χ1n) is 11.4. The minimum absolute atomic E-state index is 0.169. The molecule has 0 aromatic heterocycles. The molecule has 7 heteroatoms. The van der Waals surface area contributed by atoms with Crippen molar-refractivity contribution in [3.05, 3.63) is 64.1 Å². The van der Waals surface area contributed by atoms with Gasteiger partial charge in [-0.1, -0.05) is 47.1 Å². The van der Waals surface area contributed by atoms with Crippen LogP contribution in [-0.2, 0) is 21.0 Å². The van der Waals surface area contributed by atoms with Gasteiger partial charge in [-0.3, -0.25) is 4.72 Å². The fraction of sp³-hybridized carbons (Fsp3) is 0.520. The molecular formula is C25H31BrN2O3S. The number of fused-ring (bicyclic) bond motifs is 1. The number of rotatable bonds is 7. The molecule has 5 nitrogen and oxygen atoms in total. The molecule has 172 valence electrons. The first kappa shape index (κ1) is 22.4. The third-order valence-electron chi connectivity index (χ3n) is 8.03. The van der Waals surface area contributed by atoms with E-state index in [0.29, 0.717) is 23.4 Å². The van der Waals surface area contributed by atoms with Gasteiger partial charge in [0.25, 0.3) is 0 Å². The number of anilines is 1. The maximum Gasteiger partial charge on any atom is 0.229 e. The Hall–Kier alpha value is -1.41. The average Bonchev–Trinajstić information content (AvgIpc) is 3.08. The third kappa shape index (κ3) is 3.91. The highest BCUT2D eigenvalue weighted by molar-refractivity contribution is 9.10. The summed E-state index contributed by atoms with van der Waals surface area (Å²) >= 11 is 3.51. The molecule has 32 heavy (non-hydrogen) atoms. The smallest absolute Gasteiger partial charge is 0.229 e. The Bertz CT molecular complexity index is 1120. The Morgan fingerprint density at radius 3 is 2.38 bits per heavy atom. The number of hydrogen-bond acceptors (Lipinski definition) is 4. The second-order valence-electron chi connectivity index (χ2n) is 10.1. The molecule has 3 fully saturated rings. The number of benzene rings is 2. The molecule has 3 aliphatic rings. The van der Waals surface area contributed by atoms with Crippen LogP contribution < -0.4 is 4.72 Å². The lowest BCUT2D eigenvalue weighted by Crippen LogP contribution is -2.46. The van der Waals surface area contributed by atoms with Crippen LogP contribution in [0.3, 0.4) is 0 Å². The fourth-order valence-corrected chi connectivity index (χ4v) is 7.57. The van der Waals surface area contributed by atoms with Crippen LogP contribution in [0.5, 0.6) is 0 Å². The molecule has 1 aliphatic heterocycles. The lowest BCUT2D eigenvalue weighted by atomic mass is 9.67. The summed E-state index contributed by atoms with van der Waals surface area (Å²) in [4.78, 5) is 2.58. The van der Waals surface area contributed by atoms with Gasteiger partial charge in [-0.25, -0.2) is 8.42 Å². The topological polar surface area (TPSA) is 69.6 Å². The second kappa shape index (κ2) is 7.83. The van der Waals surface area contributed by atoms with Gasteiger partial charge in [-0.05, 0) is 72.4 Å². The van der Waals surface area contributed by atoms with Gasteiger partial charge in [0.05, 0.1) is 11.9 Å². The van der Waals surface area contributed by atoms with Gasteiger partial charge in [-0.2, -0.15) is 0 Å². The Labute approximate surface area is 199 Å². The van der Waals surface area contributed by atoms with Crippen LogP contribution in [0.4, 0.5) is 5.69 Å². The van der Waals surface area contributed by atoms with Crippen LogP contribution in [0.2, 0.25) is 0 Å². The maximum atomic E-state index is 11.6. The van der Waals surface area contributed by atoms with Crippen molar-refractivity contribution in [3.8, 4) is 0 Å². The summed E-state index contributed by atoms with van der Waals surface area (Å²) in [6.07, 6.45) is 3.92. The average molecular weight is 520 g/mol. The van der Waals surface area contributed by atoms with Crippen molar-refractivity contribution in [2.24, 2.45) is 17.8 Å². The summed E-state index contributed by atoms with van der Waals surface area (Å²) < 4.78 is 26.9. The van der Waals surface area contributed by atoms with E-state index in [-0.39, 0.29) is 5.41 Å². The minimum Gasteiger partial charge on any atom is -0.385 e. The molecule has 2 aromatic rings. The third-order valence-corrected chi connectivity index (χ3v) is 9.13. The van der Waals surface area contributed by atoms with Crippen LogP contribution in [0.1, 0.15) is 37.3 Å². The zero-order chi connectivity index (χ0) is 22.7. The number of aliphatic hydroxyl groups is 1. The quantitative estimate of drug-likeness (QED) is 0.572. The van der Waals surface area contributed by atoms with Gasteiger partial charge in [0.2, 0.25) is 10.0 Å². The predicted molar refractivity (Wildman–Crippen MR) is 131 cm³/mol. The van der Waals surface area contributed by atoms with Crippen molar-refractivity contribution in [3.63, 3.8) is 0 Å². The summed E-state index contributed by atoms with van der Waals surface area (Å²) in [7, 11) is -3.28. The molecular weight excluding hydrogens is 488 g/mol. The molecule has 2 aliphatic carbocycles. The number of nitrogens with zero attached hydrogens (tertiary/aromatic N) is 1. The highest BCUT2D eigenvalue weighted by atomic mass is 79.9. The molecule has 5 rings (SSSR count). The van der Waals surface area contributed by atoms with E-state index >= 15 is 0 Å². The second-order valence-corrected chi connectivity index (χ2v) is 12.8. The summed E-state index contributed by atoms with van der Waals surface area (Å²) in [6, 6.07) is 16.0. The zero-order valence-electron chi connectivity index (χ0n) is 18.6. The molecule has 2 atom stereocenters. The van der Waals surface area contributed by atoms with E-state index < -0.39 is 15.6 Å². The van der Waals surface area contributed by atoms with Crippen LogP contribution in [0.25, 0.3) is 0 Å². The molecule has 2 N–H and O–H groups in total. The number of halogens is 1. The van der Waals surface area contributed by atoms with Gasteiger partial charge in [0.1, 0.15) is 0 Å². The number of sulfonamides is 1. The van der Waals surface area contributed by atoms with Gasteiger partial charge in [0, 0.05) is 35.2 Å². The molecule has 2 saturated carbocycles. The molecule has 0 spiro atoms. The molecule has 0 amide bonds. The normalized spacial score (nSPS) is 34.1. The lowest BCUT2D eigenvalue weighted by molar-refractivity contribution is -0.0872. The first-order chi connectivity index (χ1) is 15.1. The maximum absolute atomic E-state index is 11.6. The Kier molecular flexibility index (Phi) is 5.48. The summed E-state index contributed by atoms with van der Waals surface area (Å²) in [5.41, 5.74) is 2.41. The van der Waals surface area contributed by atoms with Crippen molar-refractivity contribution >= 4 is 31.6 Å². The standard InChI is InChI=1S/C25H31BrN2O3S/c1-3-25(19-7-5-9-21(11-19)27-32(2,30)31)22-15-28(16-23(22)25)14-17-12-24(29,13-17)18-6-4-8-20(26)10-18/h4-11,17,22-23,27,29H,3,12-16H2,1-2H3/t17-,22?,23?,24-,25?. The zero-order valence-corrected chi connectivity index (χ0v) is 21.0. The van der Waals surface area contributed by atoms with E-state index in [2.05, 4.69) is 38.5 Å². The van der Waals surface area contributed by atoms with Crippen molar-refractivity contribution in [1.29, 1.82) is 0 Å². The van der Waals surface area contributed by atoms with Crippen LogP contribution in [0, 0.1) is 17.8 Å². The van der Waals surface area contributed by atoms with Gasteiger partial charge in [-0.15, -0.1) is 0 Å². The monoisotopic (exact) mass is 518 g/mol. The minimum atomic E-state index is -3.28. The first-order valence-corrected chi connectivity index (χ1v) is 14.1. The molecule has 0 radical (unpaired) electrons. The Balaban J connectivity index is 1.20. The van der Waals surface area contributed by atoms with Crippen LogP contribution >= 0.6 is 15.9 Å². The number of likely N-dealkylation sites (tertiary alicyclic amines) is 1. The van der Waals surface area contributed by atoms with Crippen LogP contribution in [0.15, 0.2) is 53.0 Å². The molecule has 0 bridgehead atoms. The van der Waals surface area contributed by atoms with Crippen molar-refractivity contribution in [1.82, 2.24) is 4.90 Å². The van der Waals surface area contributed by atoms with Crippen LogP contribution in [-0.4, -0.2) is 44.3 Å². The van der Waals surface area contributed by atoms with Gasteiger partial charge >= 0.3 is 0 Å². The number of piperidine rings is 1. The highest BCUT2D eigenvalue weighted by Gasteiger charge is 2.67. The van der Waals surface area contributed by atoms with E-state index in [4.69, 9.17) is 0 Å². The van der Waals surface area contributed by atoms with Gasteiger partial charge < -0.3 is 10.0 Å². The molecule has 1 heterocycles. The van der Waals surface area contributed by atoms with Crippen molar-refractivity contribution in [2.75, 3.05) is 30.6 Å². The Morgan fingerprint density at radius 2 is 1.75 bits per heavy atom. The molecule has 2 unspecified atom stereocenters. The van der Waals surface area contributed by atoms with E-state index in [9.17, 15) is 13.5 Å². The predicted octanol–water partition coefficient (Wildman–Crippen LogP) is 4.33. The lowest BCUT2D eigenvalue weighted by Gasteiger charge is -2.46. The molecule has 2 aromatic carbocycles. The van der Waals surface area contributed by atoms with Gasteiger partial charge in [0.15, 0.2) is 0 Å². The summed E-state index contributed by atoms with van der Waals surface area (Å²) in [6.45, 7) is 5.49. The SMILES string of the molecule is CCC1(c2cccc(NS(C)(=O)=O)c2)C2CN(C[C@H]3C[C@@](O)(c4cccc(Br)c4)C3)CC21. The number of nitrogens with one attached hydrogen (secondary N) is 1. The van der Waals surface area contributed by atoms with E-state index in [1.165, 1.54) is 11.8 Å². The highest BCUT2D eigenvalue weighted by Crippen LogP contribution is 2.65. The number of hydrogen-bond donors (Lipinski definition) is 2. The largest absolute Gasteiger partial charge is 0.385 e. The van der Waals surface area contributed by atoms with Crippen molar-refractivity contribution < 1.29 is 13.5 Å². The molecule has 1 saturated heterocycles. The Morgan fingerprint density at radius 1 is 1.09 bits per heavy atom. The van der Waals surface area contributed by atoms with Crippen molar-refractivity contribution in [2.45, 2.75) is 37.2 Å². The van der Waals surface area contributed by atoms with E-state index in [0.717, 1.165) is 48.9 Å². The van der Waals surface area contributed by atoms with E-state index in [1.807, 2.05) is 42.5 Å². The summed E-state index contributed by atoms with van der Waals surface area (Å²) in [5, 5.41) is 11.0. The summed E-state index contributed by atoms with van der Waals surface area (Å²) in [5.74, 6) is 1.80. The van der Waals surface area contributed by atoms with E-state index in [1.54, 1.807) is 0 Å². The fourth-order valence-electron chi connectivity index (χ4n) is 6.61.